The van der Waals surface area contributed by atoms with Crippen molar-refractivity contribution in [3.8, 4) is 11.5 Å². The van der Waals surface area contributed by atoms with Gasteiger partial charge in [-0.2, -0.15) is 0 Å². The van der Waals surface area contributed by atoms with E-state index in [0.29, 0.717) is 50.8 Å². The summed E-state index contributed by atoms with van der Waals surface area (Å²) < 4.78 is 41.7. The van der Waals surface area contributed by atoms with E-state index in [1.807, 2.05) is 24.3 Å². The molecular weight excluding hydrogens is 803 g/mol. The van der Waals surface area contributed by atoms with Gasteiger partial charge in [0.15, 0.2) is 6.29 Å². The second-order valence-electron chi connectivity index (χ2n) is 14.9. The SMILES string of the molecule is CCN(CC)c1ccc2c(c1)Oc1cc(N(CC)CC)ccc1C2c1ccccc1C(=O)OCCOCCOCCOCCn1cc(COC2OC(CO)C(O)C(O)C2O)nn1. The number of anilines is 2. The molecular formula is C45H61N5O12. The molecule has 17 heteroatoms. The summed E-state index contributed by atoms with van der Waals surface area (Å²) >= 11 is 0. The summed E-state index contributed by atoms with van der Waals surface area (Å²) in [6, 6.07) is 20.3. The van der Waals surface area contributed by atoms with E-state index < -0.39 is 43.3 Å². The van der Waals surface area contributed by atoms with Crippen molar-refractivity contribution in [3.63, 3.8) is 0 Å². The van der Waals surface area contributed by atoms with Crippen molar-refractivity contribution in [1.29, 1.82) is 0 Å². The molecule has 62 heavy (non-hydrogen) atoms. The van der Waals surface area contributed by atoms with Crippen molar-refractivity contribution in [2.24, 2.45) is 0 Å². The van der Waals surface area contributed by atoms with E-state index in [4.69, 9.17) is 33.2 Å². The van der Waals surface area contributed by atoms with Crippen LogP contribution < -0.4 is 14.5 Å². The third-order valence-corrected chi connectivity index (χ3v) is 11.1. The number of aliphatic hydroxyl groups is 4. The zero-order valence-corrected chi connectivity index (χ0v) is 36.0. The lowest BCUT2D eigenvalue weighted by Gasteiger charge is -2.39. The van der Waals surface area contributed by atoms with E-state index in [9.17, 15) is 25.2 Å². The number of rotatable bonds is 24. The molecule has 3 heterocycles. The predicted octanol–water partition coefficient (Wildman–Crippen LogP) is 3.48. The summed E-state index contributed by atoms with van der Waals surface area (Å²) in [5.74, 6) is 0.883. The number of hydrogen-bond donors (Lipinski definition) is 4. The van der Waals surface area contributed by atoms with Gasteiger partial charge in [0.1, 0.15) is 48.2 Å². The number of esters is 1. The van der Waals surface area contributed by atoms with E-state index in [1.165, 1.54) is 0 Å². The minimum atomic E-state index is -1.52. The maximum atomic E-state index is 13.7. The second-order valence-corrected chi connectivity index (χ2v) is 14.9. The summed E-state index contributed by atoms with van der Waals surface area (Å²) in [5.41, 5.74) is 5.93. The molecule has 4 aromatic rings. The smallest absolute Gasteiger partial charge is 0.338 e. The Morgan fingerprint density at radius 1 is 0.726 bits per heavy atom. The Kier molecular flexibility index (Phi) is 17.5. The molecule has 1 saturated heterocycles. The molecule has 0 amide bonds. The summed E-state index contributed by atoms with van der Waals surface area (Å²) in [6.45, 7) is 13.9. The summed E-state index contributed by atoms with van der Waals surface area (Å²) in [5, 5.41) is 47.3. The highest BCUT2D eigenvalue weighted by molar-refractivity contribution is 5.92. The van der Waals surface area contributed by atoms with Crippen LogP contribution in [-0.4, -0.2) is 151 Å². The molecule has 0 saturated carbocycles. The number of aromatic nitrogens is 3. The van der Waals surface area contributed by atoms with Gasteiger partial charge in [-0.15, -0.1) is 5.10 Å². The maximum Gasteiger partial charge on any atom is 0.338 e. The van der Waals surface area contributed by atoms with Crippen molar-refractivity contribution in [2.75, 3.05) is 88.8 Å². The first-order chi connectivity index (χ1) is 30.2. The lowest BCUT2D eigenvalue weighted by Crippen LogP contribution is -2.59. The van der Waals surface area contributed by atoms with Crippen LogP contribution in [-0.2, 0) is 41.6 Å². The van der Waals surface area contributed by atoms with Gasteiger partial charge in [-0.1, -0.05) is 35.5 Å². The van der Waals surface area contributed by atoms with Gasteiger partial charge < -0.3 is 63.4 Å². The number of hydrogen-bond acceptors (Lipinski definition) is 16. The monoisotopic (exact) mass is 863 g/mol. The topological polar surface area (TPSA) is 200 Å². The van der Waals surface area contributed by atoms with Crippen LogP contribution in [0.3, 0.4) is 0 Å². The van der Waals surface area contributed by atoms with E-state index in [2.05, 4.69) is 84.2 Å². The number of carbonyl (C=O) groups is 1. The molecule has 17 nitrogen and oxygen atoms in total. The van der Waals surface area contributed by atoms with Crippen molar-refractivity contribution < 1.29 is 58.4 Å². The van der Waals surface area contributed by atoms with Crippen LogP contribution in [0.5, 0.6) is 11.5 Å². The first-order valence-corrected chi connectivity index (χ1v) is 21.5. The van der Waals surface area contributed by atoms with Crippen LogP contribution in [0.4, 0.5) is 11.4 Å². The zero-order valence-electron chi connectivity index (χ0n) is 36.0. The van der Waals surface area contributed by atoms with E-state index in [1.54, 1.807) is 10.9 Å². The number of fused-ring (bicyclic) bond motifs is 2. The molecule has 2 aliphatic heterocycles. The molecule has 0 bridgehead atoms. The standard InChI is InChI=1S/C45H61N5O12/c1-5-48(6-2)31-13-15-35-37(25-31)61-38-26-32(49(7-3)8-4)14-16-36(38)40(35)33-11-9-10-12-34(33)44(55)59-24-23-58-22-21-57-20-19-56-18-17-50-27-30(46-47-50)29-60-45-43(54)42(53)41(52)39(28-51)62-45/h9-16,25-27,39-43,45,51-54H,5-8,17-24,28-29H2,1-4H3. The second kappa shape index (κ2) is 23.1. The fourth-order valence-electron chi connectivity index (χ4n) is 7.68. The number of nitrogens with zero attached hydrogens (tertiary/aromatic N) is 5. The molecule has 6 rings (SSSR count). The number of ether oxygens (including phenoxy) is 7. The van der Waals surface area contributed by atoms with Crippen molar-refractivity contribution >= 4 is 17.3 Å². The van der Waals surface area contributed by atoms with Gasteiger partial charge in [0.25, 0.3) is 0 Å². The highest BCUT2D eigenvalue weighted by Crippen LogP contribution is 2.50. The average Bonchev–Trinajstić information content (AvgIpc) is 3.75. The van der Waals surface area contributed by atoms with Crippen LogP contribution in [0, 0.1) is 0 Å². The highest BCUT2D eigenvalue weighted by Gasteiger charge is 2.44. The molecule has 5 unspecified atom stereocenters. The van der Waals surface area contributed by atoms with Gasteiger partial charge in [0, 0.05) is 66.7 Å². The van der Waals surface area contributed by atoms with Crippen LogP contribution in [0.2, 0.25) is 0 Å². The Balaban J connectivity index is 0.920. The van der Waals surface area contributed by atoms with Crippen molar-refractivity contribution in [3.05, 3.63) is 94.8 Å². The van der Waals surface area contributed by atoms with Gasteiger partial charge in [-0.05, 0) is 51.5 Å². The van der Waals surface area contributed by atoms with Gasteiger partial charge in [0.2, 0.25) is 0 Å². The van der Waals surface area contributed by atoms with Gasteiger partial charge in [-0.25, -0.2) is 9.48 Å². The average molecular weight is 864 g/mol. The first-order valence-electron chi connectivity index (χ1n) is 21.5. The van der Waals surface area contributed by atoms with Gasteiger partial charge >= 0.3 is 5.97 Å². The zero-order chi connectivity index (χ0) is 44.0. The van der Waals surface area contributed by atoms with Crippen LogP contribution in [0.25, 0.3) is 0 Å². The predicted molar refractivity (Wildman–Crippen MR) is 229 cm³/mol. The van der Waals surface area contributed by atoms with Crippen molar-refractivity contribution in [1.82, 2.24) is 15.0 Å². The Labute approximate surface area is 362 Å². The van der Waals surface area contributed by atoms with Gasteiger partial charge in [0.05, 0.1) is 71.2 Å². The molecule has 338 valence electrons. The maximum absolute atomic E-state index is 13.7. The molecule has 2 aliphatic rings. The molecule has 1 aromatic heterocycles. The first kappa shape index (κ1) is 46.8. The third kappa shape index (κ3) is 11.5. The Bertz CT molecular complexity index is 1950. The Morgan fingerprint density at radius 2 is 1.31 bits per heavy atom. The summed E-state index contributed by atoms with van der Waals surface area (Å²) in [4.78, 5) is 18.2. The van der Waals surface area contributed by atoms with E-state index in [-0.39, 0.29) is 25.7 Å². The molecule has 0 spiro atoms. The van der Waals surface area contributed by atoms with Crippen LogP contribution in [0.15, 0.2) is 66.9 Å². The largest absolute Gasteiger partial charge is 0.460 e. The number of carbonyl (C=O) groups excluding carboxylic acids is 1. The Hall–Kier alpha value is -4.69. The fraction of sp³-hybridized carbons (Fsp3) is 0.533. The number of benzene rings is 3. The minimum absolute atomic E-state index is 0.0753. The number of aliphatic hydroxyl groups excluding tert-OH is 4. The quantitative estimate of drug-likeness (QED) is 0.0519. The normalized spacial score (nSPS) is 19.7. The van der Waals surface area contributed by atoms with E-state index in [0.717, 1.165) is 65.7 Å². The molecule has 1 fully saturated rings. The molecule has 0 aliphatic carbocycles. The minimum Gasteiger partial charge on any atom is -0.460 e. The molecule has 4 N–H and O–H groups in total. The van der Waals surface area contributed by atoms with Crippen LogP contribution >= 0.6 is 0 Å². The third-order valence-electron chi connectivity index (χ3n) is 11.1. The van der Waals surface area contributed by atoms with Crippen molar-refractivity contribution in [2.45, 2.75) is 77.5 Å². The van der Waals surface area contributed by atoms with Gasteiger partial charge in [-0.3, -0.25) is 0 Å². The molecule has 5 atom stereocenters. The Morgan fingerprint density at radius 3 is 1.90 bits per heavy atom. The molecule has 3 aromatic carbocycles. The lowest BCUT2D eigenvalue weighted by atomic mass is 9.80. The van der Waals surface area contributed by atoms with Crippen LogP contribution in [0.1, 0.15) is 66.4 Å². The summed E-state index contributed by atoms with van der Waals surface area (Å²) in [6.07, 6.45) is -5.14. The highest BCUT2D eigenvalue weighted by atomic mass is 16.7. The fourth-order valence-corrected chi connectivity index (χ4v) is 7.68. The van der Waals surface area contributed by atoms with E-state index >= 15 is 0 Å². The lowest BCUT2D eigenvalue weighted by molar-refractivity contribution is -0.304. The summed E-state index contributed by atoms with van der Waals surface area (Å²) in [7, 11) is 0. The molecule has 0 radical (unpaired) electrons.